The molecular weight excluding hydrogens is 309 g/mol. The molecule has 3 rings (SSSR count). The van der Waals surface area contributed by atoms with Crippen molar-refractivity contribution in [1.82, 2.24) is 9.36 Å². The van der Waals surface area contributed by atoms with Crippen molar-refractivity contribution in [2.45, 2.75) is 6.92 Å². The van der Waals surface area contributed by atoms with E-state index in [2.05, 4.69) is 5.32 Å². The van der Waals surface area contributed by atoms with Gasteiger partial charge in [-0.2, -0.15) is 0 Å². The molecule has 0 spiro atoms. The fourth-order valence-corrected chi connectivity index (χ4v) is 2.53. The minimum absolute atomic E-state index is 0.156. The van der Waals surface area contributed by atoms with Crippen molar-refractivity contribution in [3.05, 3.63) is 82.0 Å². The van der Waals surface area contributed by atoms with E-state index in [1.54, 1.807) is 30.8 Å². The highest BCUT2D eigenvalue weighted by molar-refractivity contribution is 6.04. The molecule has 0 radical (unpaired) electrons. The van der Waals surface area contributed by atoms with Gasteiger partial charge in [0.2, 0.25) is 0 Å². The van der Waals surface area contributed by atoms with Crippen LogP contribution in [0.1, 0.15) is 16.1 Å². The van der Waals surface area contributed by atoms with Gasteiger partial charge in [-0.15, -0.1) is 0 Å². The predicted molar refractivity (Wildman–Crippen MR) is 90.1 cm³/mol. The number of para-hydroxylation sites is 1. The van der Waals surface area contributed by atoms with E-state index in [0.717, 1.165) is 6.07 Å². The number of carbonyl (C=O) groups is 1. The van der Waals surface area contributed by atoms with Crippen LogP contribution in [0.2, 0.25) is 0 Å². The van der Waals surface area contributed by atoms with Crippen molar-refractivity contribution < 1.29 is 9.18 Å². The number of halogens is 1. The van der Waals surface area contributed by atoms with E-state index in [1.165, 1.54) is 22.9 Å². The molecule has 3 aromatic rings. The zero-order chi connectivity index (χ0) is 17.3. The Morgan fingerprint density at radius 3 is 2.46 bits per heavy atom. The van der Waals surface area contributed by atoms with Gasteiger partial charge in [0.15, 0.2) is 0 Å². The third-order valence-corrected chi connectivity index (χ3v) is 3.88. The van der Waals surface area contributed by atoms with Crippen LogP contribution in [0.3, 0.4) is 0 Å². The molecule has 5 nitrogen and oxygen atoms in total. The van der Waals surface area contributed by atoms with E-state index >= 15 is 0 Å². The van der Waals surface area contributed by atoms with E-state index in [1.807, 2.05) is 18.2 Å². The molecule has 0 saturated heterocycles. The third kappa shape index (κ3) is 2.74. The standard InChI is InChI=1S/C18H16FN3O2/c1-12-16(20-17(23)13-7-6-8-14(19)11-13)18(24)22(21(12)2)15-9-4-3-5-10-15/h3-11H,1-2H3,(H,20,23). The molecule has 1 amide bonds. The molecule has 122 valence electrons. The van der Waals surface area contributed by atoms with Gasteiger partial charge >= 0.3 is 0 Å². The van der Waals surface area contributed by atoms with Crippen LogP contribution in [0.5, 0.6) is 0 Å². The molecular formula is C18H16FN3O2. The molecule has 0 saturated carbocycles. The molecule has 1 N–H and O–H groups in total. The van der Waals surface area contributed by atoms with Crippen LogP contribution >= 0.6 is 0 Å². The topological polar surface area (TPSA) is 56.0 Å². The van der Waals surface area contributed by atoms with Crippen molar-refractivity contribution in [3.8, 4) is 5.69 Å². The van der Waals surface area contributed by atoms with Crippen LogP contribution in [0.4, 0.5) is 10.1 Å². The largest absolute Gasteiger partial charge is 0.316 e. The number of anilines is 1. The lowest BCUT2D eigenvalue weighted by Crippen LogP contribution is -2.23. The fraction of sp³-hybridized carbons (Fsp3) is 0.111. The zero-order valence-electron chi connectivity index (χ0n) is 13.3. The first-order valence-electron chi connectivity index (χ1n) is 7.40. The van der Waals surface area contributed by atoms with Gasteiger partial charge in [0.1, 0.15) is 11.5 Å². The quantitative estimate of drug-likeness (QED) is 0.805. The molecule has 1 aromatic heterocycles. The number of carbonyl (C=O) groups excluding carboxylic acids is 1. The average molecular weight is 325 g/mol. The van der Waals surface area contributed by atoms with Gasteiger partial charge < -0.3 is 5.32 Å². The smallest absolute Gasteiger partial charge is 0.295 e. The lowest BCUT2D eigenvalue weighted by atomic mass is 10.2. The Morgan fingerprint density at radius 1 is 1.08 bits per heavy atom. The molecule has 0 aliphatic carbocycles. The maximum atomic E-state index is 13.3. The lowest BCUT2D eigenvalue weighted by Gasteiger charge is -2.07. The number of benzene rings is 2. The second-order valence-corrected chi connectivity index (χ2v) is 5.40. The average Bonchev–Trinajstić information content (AvgIpc) is 2.79. The number of nitrogens with zero attached hydrogens (tertiary/aromatic N) is 2. The van der Waals surface area contributed by atoms with Crippen LogP contribution in [0, 0.1) is 12.7 Å². The number of aromatic nitrogens is 2. The van der Waals surface area contributed by atoms with Crippen LogP contribution in [0.25, 0.3) is 5.69 Å². The van der Waals surface area contributed by atoms with Crippen molar-refractivity contribution in [3.63, 3.8) is 0 Å². The summed E-state index contributed by atoms with van der Waals surface area (Å²) in [6.45, 7) is 1.74. The van der Waals surface area contributed by atoms with Crippen LogP contribution in [-0.2, 0) is 7.05 Å². The first kappa shape index (κ1) is 15.7. The number of amides is 1. The summed E-state index contributed by atoms with van der Waals surface area (Å²) in [6.07, 6.45) is 0. The highest BCUT2D eigenvalue weighted by atomic mass is 19.1. The van der Waals surface area contributed by atoms with Crippen molar-refractivity contribution in [2.75, 3.05) is 5.32 Å². The van der Waals surface area contributed by atoms with Crippen LogP contribution in [-0.4, -0.2) is 15.3 Å². The summed E-state index contributed by atoms with van der Waals surface area (Å²) in [7, 11) is 1.74. The van der Waals surface area contributed by atoms with E-state index in [-0.39, 0.29) is 16.8 Å². The van der Waals surface area contributed by atoms with Gasteiger partial charge in [-0.3, -0.25) is 14.3 Å². The van der Waals surface area contributed by atoms with Gasteiger partial charge in [-0.25, -0.2) is 9.07 Å². The number of hydrogen-bond acceptors (Lipinski definition) is 2. The summed E-state index contributed by atoms with van der Waals surface area (Å²) in [6, 6.07) is 14.5. The van der Waals surface area contributed by atoms with Gasteiger partial charge in [-0.05, 0) is 37.3 Å². The second-order valence-electron chi connectivity index (χ2n) is 5.40. The molecule has 0 bridgehead atoms. The first-order chi connectivity index (χ1) is 11.5. The number of rotatable bonds is 3. The summed E-state index contributed by atoms with van der Waals surface area (Å²) >= 11 is 0. The molecule has 0 aliphatic heterocycles. The Balaban J connectivity index is 2.01. The first-order valence-corrected chi connectivity index (χ1v) is 7.40. The molecule has 2 aromatic carbocycles. The molecule has 0 unspecified atom stereocenters. The van der Waals surface area contributed by atoms with Crippen molar-refractivity contribution in [1.29, 1.82) is 0 Å². The highest BCUT2D eigenvalue weighted by Crippen LogP contribution is 2.15. The van der Waals surface area contributed by atoms with Gasteiger partial charge in [0, 0.05) is 12.6 Å². The SMILES string of the molecule is Cc1c(NC(=O)c2cccc(F)c2)c(=O)n(-c2ccccc2)n1C. The van der Waals surface area contributed by atoms with Crippen LogP contribution in [0.15, 0.2) is 59.4 Å². The van der Waals surface area contributed by atoms with E-state index in [4.69, 9.17) is 0 Å². The third-order valence-electron chi connectivity index (χ3n) is 3.88. The maximum Gasteiger partial charge on any atom is 0.295 e. The Labute approximate surface area is 137 Å². The van der Waals surface area contributed by atoms with E-state index < -0.39 is 11.7 Å². The second kappa shape index (κ2) is 6.16. The minimum Gasteiger partial charge on any atom is -0.316 e. The number of hydrogen-bond donors (Lipinski definition) is 1. The van der Waals surface area contributed by atoms with E-state index in [9.17, 15) is 14.0 Å². The van der Waals surface area contributed by atoms with Crippen LogP contribution < -0.4 is 10.9 Å². The van der Waals surface area contributed by atoms with Gasteiger partial charge in [-0.1, -0.05) is 24.3 Å². The predicted octanol–water partition coefficient (Wildman–Crippen LogP) is 2.88. The Hall–Kier alpha value is -3.15. The maximum absolute atomic E-state index is 13.3. The van der Waals surface area contributed by atoms with Crippen molar-refractivity contribution in [2.24, 2.45) is 7.05 Å². The summed E-state index contributed by atoms with van der Waals surface area (Å²) in [4.78, 5) is 25.0. The summed E-state index contributed by atoms with van der Waals surface area (Å²) in [5.41, 5.74) is 1.29. The Morgan fingerprint density at radius 2 is 1.79 bits per heavy atom. The summed E-state index contributed by atoms with van der Waals surface area (Å²) in [5.74, 6) is -1.03. The minimum atomic E-state index is -0.527. The normalized spacial score (nSPS) is 10.6. The van der Waals surface area contributed by atoms with E-state index in [0.29, 0.717) is 11.4 Å². The summed E-state index contributed by atoms with van der Waals surface area (Å²) < 4.78 is 16.4. The summed E-state index contributed by atoms with van der Waals surface area (Å²) in [5, 5.41) is 2.59. The fourth-order valence-electron chi connectivity index (χ4n) is 2.53. The number of nitrogens with one attached hydrogen (secondary N) is 1. The highest BCUT2D eigenvalue weighted by Gasteiger charge is 2.18. The molecule has 0 aliphatic rings. The Bertz CT molecular complexity index is 958. The van der Waals surface area contributed by atoms with Crippen molar-refractivity contribution >= 4 is 11.6 Å². The van der Waals surface area contributed by atoms with Gasteiger partial charge in [0.05, 0.1) is 11.4 Å². The molecule has 1 heterocycles. The molecule has 24 heavy (non-hydrogen) atoms. The monoisotopic (exact) mass is 325 g/mol. The lowest BCUT2D eigenvalue weighted by molar-refractivity contribution is 0.102. The molecule has 0 fully saturated rings. The zero-order valence-corrected chi connectivity index (χ0v) is 13.3. The molecule has 6 heteroatoms. The van der Waals surface area contributed by atoms with Gasteiger partial charge in [0.25, 0.3) is 11.5 Å². The Kier molecular flexibility index (Phi) is 4.04. The molecule has 0 atom stereocenters.